The SMILES string of the molecule is Nc1ccc(Br)cc1NCC(=O)N1CCCCC1. The number of hydrogen-bond acceptors (Lipinski definition) is 3. The largest absolute Gasteiger partial charge is 0.397 e. The average molecular weight is 312 g/mol. The van der Waals surface area contributed by atoms with Gasteiger partial charge >= 0.3 is 0 Å². The number of nitrogen functional groups attached to an aromatic ring is 1. The number of anilines is 2. The van der Waals surface area contributed by atoms with Gasteiger partial charge in [-0.05, 0) is 37.5 Å². The molecule has 1 aromatic carbocycles. The summed E-state index contributed by atoms with van der Waals surface area (Å²) in [6.07, 6.45) is 3.46. The van der Waals surface area contributed by atoms with E-state index in [0.717, 1.165) is 36.1 Å². The number of nitrogens with one attached hydrogen (secondary N) is 1. The molecule has 5 heteroatoms. The molecule has 0 aromatic heterocycles. The first-order chi connectivity index (χ1) is 8.66. The Balaban J connectivity index is 1.90. The zero-order chi connectivity index (χ0) is 13.0. The van der Waals surface area contributed by atoms with Crippen LogP contribution in [0.4, 0.5) is 11.4 Å². The lowest BCUT2D eigenvalue weighted by molar-refractivity contribution is -0.130. The molecular weight excluding hydrogens is 294 g/mol. The number of hydrogen-bond donors (Lipinski definition) is 2. The molecule has 1 aromatic rings. The van der Waals surface area contributed by atoms with Crippen molar-refractivity contribution in [3.63, 3.8) is 0 Å². The molecule has 1 fully saturated rings. The molecule has 98 valence electrons. The molecule has 2 rings (SSSR count). The van der Waals surface area contributed by atoms with Gasteiger partial charge in [0.25, 0.3) is 0 Å². The molecule has 1 heterocycles. The third kappa shape index (κ3) is 3.38. The molecule has 1 amide bonds. The summed E-state index contributed by atoms with van der Waals surface area (Å²) in [5.74, 6) is 0.147. The third-order valence-corrected chi connectivity index (χ3v) is 3.65. The molecule has 0 aliphatic carbocycles. The van der Waals surface area contributed by atoms with Gasteiger partial charge in [0.2, 0.25) is 5.91 Å². The number of amides is 1. The number of benzene rings is 1. The van der Waals surface area contributed by atoms with Crippen molar-refractivity contribution < 1.29 is 4.79 Å². The van der Waals surface area contributed by atoms with Crippen LogP contribution in [-0.4, -0.2) is 30.4 Å². The van der Waals surface area contributed by atoms with E-state index in [-0.39, 0.29) is 5.91 Å². The van der Waals surface area contributed by atoms with E-state index in [1.54, 1.807) is 0 Å². The van der Waals surface area contributed by atoms with E-state index in [0.29, 0.717) is 12.2 Å². The van der Waals surface area contributed by atoms with Gasteiger partial charge in [-0.25, -0.2) is 0 Å². The number of carbonyl (C=O) groups is 1. The number of rotatable bonds is 3. The minimum absolute atomic E-state index is 0.147. The second-order valence-corrected chi connectivity index (χ2v) is 5.44. The average Bonchev–Trinajstić information content (AvgIpc) is 2.40. The van der Waals surface area contributed by atoms with Crippen LogP contribution in [0.5, 0.6) is 0 Å². The van der Waals surface area contributed by atoms with Gasteiger partial charge in [0.15, 0.2) is 0 Å². The quantitative estimate of drug-likeness (QED) is 0.843. The van der Waals surface area contributed by atoms with Gasteiger partial charge in [-0.2, -0.15) is 0 Å². The van der Waals surface area contributed by atoms with Gasteiger partial charge < -0.3 is 16.0 Å². The molecular formula is C13H18BrN3O. The van der Waals surface area contributed by atoms with Crippen LogP contribution in [0.2, 0.25) is 0 Å². The summed E-state index contributed by atoms with van der Waals surface area (Å²) in [4.78, 5) is 13.9. The van der Waals surface area contributed by atoms with Crippen molar-refractivity contribution in [3.05, 3.63) is 22.7 Å². The number of nitrogens with two attached hydrogens (primary N) is 1. The second-order valence-electron chi connectivity index (χ2n) is 4.53. The Morgan fingerprint density at radius 3 is 2.78 bits per heavy atom. The molecule has 1 saturated heterocycles. The van der Waals surface area contributed by atoms with Gasteiger partial charge in [-0.3, -0.25) is 4.79 Å². The Kier molecular flexibility index (Phi) is 4.47. The van der Waals surface area contributed by atoms with Crippen LogP contribution >= 0.6 is 15.9 Å². The fourth-order valence-corrected chi connectivity index (χ4v) is 2.47. The lowest BCUT2D eigenvalue weighted by atomic mass is 10.1. The first-order valence-corrected chi connectivity index (χ1v) is 7.03. The van der Waals surface area contributed by atoms with Crippen molar-refractivity contribution in [2.45, 2.75) is 19.3 Å². The summed E-state index contributed by atoms with van der Waals surface area (Å²) in [5, 5.41) is 3.10. The summed E-state index contributed by atoms with van der Waals surface area (Å²) in [5.41, 5.74) is 7.30. The van der Waals surface area contributed by atoms with Crippen molar-refractivity contribution >= 4 is 33.2 Å². The summed E-state index contributed by atoms with van der Waals surface area (Å²) in [6.45, 7) is 2.07. The van der Waals surface area contributed by atoms with E-state index in [1.807, 2.05) is 23.1 Å². The Morgan fingerprint density at radius 2 is 2.06 bits per heavy atom. The predicted octanol–water partition coefficient (Wildman–Crippen LogP) is 2.46. The highest BCUT2D eigenvalue weighted by atomic mass is 79.9. The molecule has 3 N–H and O–H groups in total. The number of carbonyl (C=O) groups excluding carboxylic acids is 1. The van der Waals surface area contributed by atoms with Crippen molar-refractivity contribution in [3.8, 4) is 0 Å². The van der Waals surface area contributed by atoms with E-state index in [9.17, 15) is 4.79 Å². The molecule has 0 atom stereocenters. The summed E-state index contributed by atoms with van der Waals surface area (Å²) in [6, 6.07) is 5.59. The Labute approximate surface area is 116 Å². The van der Waals surface area contributed by atoms with Gasteiger partial charge in [0.05, 0.1) is 17.9 Å². The number of nitrogens with zero attached hydrogens (tertiary/aromatic N) is 1. The first-order valence-electron chi connectivity index (χ1n) is 6.23. The topological polar surface area (TPSA) is 58.4 Å². The minimum Gasteiger partial charge on any atom is -0.397 e. The van der Waals surface area contributed by atoms with Crippen LogP contribution < -0.4 is 11.1 Å². The maximum Gasteiger partial charge on any atom is 0.241 e. The monoisotopic (exact) mass is 311 g/mol. The Bertz CT molecular complexity index is 430. The smallest absolute Gasteiger partial charge is 0.241 e. The van der Waals surface area contributed by atoms with Crippen LogP contribution in [0.1, 0.15) is 19.3 Å². The van der Waals surface area contributed by atoms with Gasteiger partial charge in [-0.1, -0.05) is 15.9 Å². The van der Waals surface area contributed by atoms with E-state index < -0.39 is 0 Å². The Hall–Kier alpha value is -1.23. The van der Waals surface area contributed by atoms with E-state index >= 15 is 0 Å². The second kappa shape index (κ2) is 6.09. The molecule has 1 aliphatic rings. The predicted molar refractivity (Wildman–Crippen MR) is 77.5 cm³/mol. The highest BCUT2D eigenvalue weighted by Gasteiger charge is 2.16. The fraction of sp³-hybridized carbons (Fsp3) is 0.462. The molecule has 0 spiro atoms. The molecule has 18 heavy (non-hydrogen) atoms. The molecule has 4 nitrogen and oxygen atoms in total. The van der Waals surface area contributed by atoms with Gasteiger partial charge in [0.1, 0.15) is 0 Å². The van der Waals surface area contributed by atoms with E-state index in [2.05, 4.69) is 21.2 Å². The molecule has 1 aliphatic heterocycles. The lowest BCUT2D eigenvalue weighted by Gasteiger charge is -2.27. The normalized spacial score (nSPS) is 15.5. The molecule has 0 unspecified atom stereocenters. The third-order valence-electron chi connectivity index (χ3n) is 3.15. The first kappa shape index (κ1) is 13.2. The van der Waals surface area contributed by atoms with Crippen molar-refractivity contribution in [2.24, 2.45) is 0 Å². The number of halogens is 1. The van der Waals surface area contributed by atoms with Crippen molar-refractivity contribution in [1.29, 1.82) is 0 Å². The summed E-state index contributed by atoms with van der Waals surface area (Å²) >= 11 is 3.39. The van der Waals surface area contributed by atoms with Crippen LogP contribution in [0.3, 0.4) is 0 Å². The molecule has 0 bridgehead atoms. The summed E-state index contributed by atoms with van der Waals surface area (Å²) < 4.78 is 0.949. The van der Waals surface area contributed by atoms with Crippen molar-refractivity contribution in [1.82, 2.24) is 4.90 Å². The highest BCUT2D eigenvalue weighted by Crippen LogP contribution is 2.23. The standard InChI is InChI=1S/C13H18BrN3O/c14-10-4-5-11(15)12(8-10)16-9-13(18)17-6-2-1-3-7-17/h4-5,8,16H,1-3,6-7,9,15H2. The van der Waals surface area contributed by atoms with Crippen LogP contribution in [0.25, 0.3) is 0 Å². The molecule has 0 radical (unpaired) electrons. The number of piperidine rings is 1. The van der Waals surface area contributed by atoms with E-state index in [4.69, 9.17) is 5.73 Å². The molecule has 0 saturated carbocycles. The van der Waals surface area contributed by atoms with Crippen LogP contribution in [-0.2, 0) is 4.79 Å². The zero-order valence-electron chi connectivity index (χ0n) is 10.3. The lowest BCUT2D eigenvalue weighted by Crippen LogP contribution is -2.39. The van der Waals surface area contributed by atoms with E-state index in [1.165, 1.54) is 6.42 Å². The maximum absolute atomic E-state index is 12.0. The van der Waals surface area contributed by atoms with Gasteiger partial charge in [-0.15, -0.1) is 0 Å². The van der Waals surface area contributed by atoms with Crippen LogP contribution in [0, 0.1) is 0 Å². The van der Waals surface area contributed by atoms with Gasteiger partial charge in [0, 0.05) is 17.6 Å². The maximum atomic E-state index is 12.0. The van der Waals surface area contributed by atoms with Crippen LogP contribution in [0.15, 0.2) is 22.7 Å². The van der Waals surface area contributed by atoms with Crippen molar-refractivity contribution in [2.75, 3.05) is 30.7 Å². The summed E-state index contributed by atoms with van der Waals surface area (Å²) in [7, 11) is 0. The number of likely N-dealkylation sites (tertiary alicyclic amines) is 1. The highest BCUT2D eigenvalue weighted by molar-refractivity contribution is 9.10. The fourth-order valence-electron chi connectivity index (χ4n) is 2.11. The minimum atomic E-state index is 0.147. The zero-order valence-corrected chi connectivity index (χ0v) is 11.9. The Morgan fingerprint density at radius 1 is 1.33 bits per heavy atom.